The number of halogens is 3. The van der Waals surface area contributed by atoms with Crippen LogP contribution in [0.25, 0.3) is 0 Å². The summed E-state index contributed by atoms with van der Waals surface area (Å²) in [6, 6.07) is 2.32. The number of carbonyl (C=O) groups is 2. The molecule has 0 radical (unpaired) electrons. The Morgan fingerprint density at radius 2 is 2.15 bits per heavy atom. The maximum atomic E-state index is 12.6. The molecule has 2 amide bonds. The second kappa shape index (κ2) is 8.01. The summed E-state index contributed by atoms with van der Waals surface area (Å²) in [5, 5.41) is 2.81. The van der Waals surface area contributed by atoms with E-state index in [1.165, 1.54) is 6.07 Å². The zero-order valence-electron chi connectivity index (χ0n) is 14.7. The number of aromatic nitrogens is 1. The van der Waals surface area contributed by atoms with E-state index in [4.69, 9.17) is 4.74 Å². The summed E-state index contributed by atoms with van der Waals surface area (Å²) in [4.78, 5) is 31.0. The van der Waals surface area contributed by atoms with Crippen molar-refractivity contribution in [3.8, 4) is 0 Å². The zero-order valence-corrected chi connectivity index (χ0v) is 14.7. The van der Waals surface area contributed by atoms with Gasteiger partial charge in [0.25, 0.3) is 0 Å². The monoisotopic (exact) mass is 386 g/mol. The first kappa shape index (κ1) is 19.2. The molecule has 3 heterocycles. The van der Waals surface area contributed by atoms with Crippen LogP contribution in [0.3, 0.4) is 0 Å². The van der Waals surface area contributed by atoms with Gasteiger partial charge in [0, 0.05) is 38.9 Å². The van der Waals surface area contributed by atoms with Gasteiger partial charge in [-0.2, -0.15) is 13.2 Å². The molecule has 0 spiro atoms. The number of carbonyl (C=O) groups excluding carboxylic acids is 2. The topological polar surface area (TPSA) is 74.8 Å². The van der Waals surface area contributed by atoms with Gasteiger partial charge in [0.15, 0.2) is 0 Å². The number of amides is 2. The van der Waals surface area contributed by atoms with Crippen molar-refractivity contribution in [2.45, 2.75) is 19.0 Å². The number of nitrogens with zero attached hydrogens (tertiary/aromatic N) is 3. The van der Waals surface area contributed by atoms with E-state index >= 15 is 0 Å². The average Bonchev–Trinajstić information content (AvgIpc) is 3.13. The quantitative estimate of drug-likeness (QED) is 0.837. The first-order valence-corrected chi connectivity index (χ1v) is 8.82. The van der Waals surface area contributed by atoms with Crippen LogP contribution in [0, 0.1) is 5.92 Å². The third-order valence-electron chi connectivity index (χ3n) is 4.70. The predicted octanol–water partition coefficient (Wildman–Crippen LogP) is 1.89. The van der Waals surface area contributed by atoms with E-state index in [1.54, 1.807) is 9.80 Å². The summed E-state index contributed by atoms with van der Waals surface area (Å²) in [7, 11) is 0. The van der Waals surface area contributed by atoms with Crippen LogP contribution in [0.2, 0.25) is 0 Å². The molecule has 1 aromatic heterocycles. The highest BCUT2D eigenvalue weighted by Gasteiger charge is 2.32. The van der Waals surface area contributed by atoms with Crippen LogP contribution >= 0.6 is 0 Å². The van der Waals surface area contributed by atoms with Gasteiger partial charge in [-0.3, -0.25) is 4.79 Å². The molecule has 1 atom stereocenters. The third-order valence-corrected chi connectivity index (χ3v) is 4.70. The Labute approximate surface area is 154 Å². The Morgan fingerprint density at radius 3 is 2.81 bits per heavy atom. The number of hydrogen-bond donors (Lipinski definition) is 1. The zero-order chi connectivity index (χ0) is 19.4. The molecule has 0 aromatic carbocycles. The van der Waals surface area contributed by atoms with Crippen molar-refractivity contribution in [2.75, 3.05) is 44.2 Å². The van der Waals surface area contributed by atoms with Crippen LogP contribution in [-0.2, 0) is 15.7 Å². The normalized spacial score (nSPS) is 20.6. The molecule has 10 heteroatoms. The lowest BCUT2D eigenvalue weighted by Gasteiger charge is -2.26. The molecule has 148 valence electrons. The fourth-order valence-electron chi connectivity index (χ4n) is 3.18. The van der Waals surface area contributed by atoms with E-state index in [0.717, 1.165) is 18.7 Å². The van der Waals surface area contributed by atoms with Gasteiger partial charge >= 0.3 is 12.3 Å². The molecule has 3 rings (SSSR count). The molecule has 27 heavy (non-hydrogen) atoms. The van der Waals surface area contributed by atoms with E-state index in [2.05, 4.69) is 10.3 Å². The van der Waals surface area contributed by atoms with Gasteiger partial charge in [0.2, 0.25) is 5.91 Å². The van der Waals surface area contributed by atoms with Gasteiger partial charge in [0.05, 0.1) is 18.1 Å². The molecule has 0 bridgehead atoms. The Balaban J connectivity index is 1.46. The Morgan fingerprint density at radius 1 is 1.33 bits per heavy atom. The van der Waals surface area contributed by atoms with Crippen LogP contribution in [0.1, 0.15) is 18.4 Å². The lowest BCUT2D eigenvalue weighted by atomic mass is 10.1. The van der Waals surface area contributed by atoms with Crippen LogP contribution in [0.4, 0.5) is 23.8 Å². The minimum Gasteiger partial charge on any atom is -0.449 e. The average molecular weight is 386 g/mol. The SMILES string of the molecule is O=C(NCCN1CCCOC1=O)[C@@H]1CCN(c2ccc(C(F)(F)F)cn2)C1. The Hall–Kier alpha value is -2.52. The first-order chi connectivity index (χ1) is 12.8. The number of alkyl halides is 3. The van der Waals surface area contributed by atoms with Gasteiger partial charge in [0.1, 0.15) is 5.82 Å². The fourth-order valence-corrected chi connectivity index (χ4v) is 3.18. The summed E-state index contributed by atoms with van der Waals surface area (Å²) < 4.78 is 42.7. The van der Waals surface area contributed by atoms with Gasteiger partial charge < -0.3 is 19.9 Å². The maximum Gasteiger partial charge on any atom is 0.417 e. The van der Waals surface area contributed by atoms with Gasteiger partial charge in [-0.1, -0.05) is 0 Å². The molecule has 2 saturated heterocycles. The molecular formula is C17H21F3N4O3. The van der Waals surface area contributed by atoms with E-state index < -0.39 is 11.7 Å². The van der Waals surface area contributed by atoms with Crippen molar-refractivity contribution >= 4 is 17.8 Å². The minimum absolute atomic E-state index is 0.130. The van der Waals surface area contributed by atoms with Gasteiger partial charge in [-0.05, 0) is 25.0 Å². The number of pyridine rings is 1. The smallest absolute Gasteiger partial charge is 0.417 e. The molecule has 2 aliphatic rings. The summed E-state index contributed by atoms with van der Waals surface area (Å²) in [6.07, 6.45) is -2.60. The highest BCUT2D eigenvalue weighted by atomic mass is 19.4. The second-order valence-electron chi connectivity index (χ2n) is 6.58. The van der Waals surface area contributed by atoms with Crippen LogP contribution in [0.5, 0.6) is 0 Å². The molecule has 2 fully saturated rings. The molecule has 7 nitrogen and oxygen atoms in total. The van der Waals surface area contributed by atoms with Crippen LogP contribution in [-0.4, -0.2) is 61.2 Å². The lowest BCUT2D eigenvalue weighted by Crippen LogP contribution is -2.43. The molecule has 0 aliphatic carbocycles. The third kappa shape index (κ3) is 4.81. The second-order valence-corrected chi connectivity index (χ2v) is 6.58. The first-order valence-electron chi connectivity index (χ1n) is 8.82. The number of hydrogen-bond acceptors (Lipinski definition) is 5. The molecule has 1 N–H and O–H groups in total. The maximum absolute atomic E-state index is 12.6. The van der Waals surface area contributed by atoms with Crippen LogP contribution in [0.15, 0.2) is 18.3 Å². The number of ether oxygens (including phenoxy) is 1. The summed E-state index contributed by atoms with van der Waals surface area (Å²) >= 11 is 0. The molecular weight excluding hydrogens is 365 g/mol. The summed E-state index contributed by atoms with van der Waals surface area (Å²) in [5.41, 5.74) is -0.795. The number of rotatable bonds is 5. The molecule has 2 aliphatic heterocycles. The van der Waals surface area contributed by atoms with Crippen molar-refractivity contribution in [2.24, 2.45) is 5.92 Å². The largest absolute Gasteiger partial charge is 0.449 e. The standard InChI is InChI=1S/C17H21F3N4O3/c18-17(19,20)13-2-3-14(22-10-13)24-7-4-12(11-24)15(25)21-5-8-23-6-1-9-27-16(23)26/h2-3,10,12H,1,4-9,11H2,(H,21,25)/t12-/m1/s1. The van der Waals surface area contributed by atoms with Crippen molar-refractivity contribution in [3.05, 3.63) is 23.9 Å². The van der Waals surface area contributed by atoms with Crippen molar-refractivity contribution in [3.63, 3.8) is 0 Å². The fraction of sp³-hybridized carbons (Fsp3) is 0.588. The molecule has 0 saturated carbocycles. The Bertz CT molecular complexity index is 681. The van der Waals surface area contributed by atoms with E-state index in [9.17, 15) is 22.8 Å². The Kier molecular flexibility index (Phi) is 5.71. The van der Waals surface area contributed by atoms with E-state index in [-0.39, 0.29) is 17.9 Å². The van der Waals surface area contributed by atoms with E-state index in [0.29, 0.717) is 51.6 Å². The van der Waals surface area contributed by atoms with Gasteiger partial charge in [-0.25, -0.2) is 9.78 Å². The number of nitrogens with one attached hydrogen (secondary N) is 1. The number of anilines is 1. The van der Waals surface area contributed by atoms with Crippen LogP contribution < -0.4 is 10.2 Å². The number of cyclic esters (lactones) is 1. The predicted molar refractivity (Wildman–Crippen MR) is 90.1 cm³/mol. The molecule has 1 aromatic rings. The highest BCUT2D eigenvalue weighted by molar-refractivity contribution is 5.80. The molecule has 0 unspecified atom stereocenters. The summed E-state index contributed by atoms with van der Waals surface area (Å²) in [6.45, 7) is 2.72. The van der Waals surface area contributed by atoms with Crippen molar-refractivity contribution in [1.82, 2.24) is 15.2 Å². The highest BCUT2D eigenvalue weighted by Crippen LogP contribution is 2.30. The van der Waals surface area contributed by atoms with Crippen molar-refractivity contribution in [1.29, 1.82) is 0 Å². The van der Waals surface area contributed by atoms with E-state index in [1.807, 2.05) is 0 Å². The lowest BCUT2D eigenvalue weighted by molar-refractivity contribution is -0.137. The van der Waals surface area contributed by atoms with Gasteiger partial charge in [-0.15, -0.1) is 0 Å². The van der Waals surface area contributed by atoms with Crippen molar-refractivity contribution < 1.29 is 27.5 Å². The minimum atomic E-state index is -4.42. The summed E-state index contributed by atoms with van der Waals surface area (Å²) in [5.74, 6) is 0.0338.